The molecule has 6 heteroatoms. The van der Waals surface area contributed by atoms with Gasteiger partial charge in [-0.05, 0) is 29.3 Å². The van der Waals surface area contributed by atoms with Gasteiger partial charge in [0.15, 0.2) is 0 Å². The highest BCUT2D eigenvalue weighted by molar-refractivity contribution is 9.10. The average molecular weight is 276 g/mol. The Kier molecular flexibility index (Phi) is 4.77. The molecule has 84 valence electrons. The Morgan fingerprint density at radius 1 is 1.80 bits per heavy atom. The van der Waals surface area contributed by atoms with Gasteiger partial charge in [-0.15, -0.1) is 0 Å². The smallest absolute Gasteiger partial charge is 0.322 e. The molecule has 0 amide bonds. The highest BCUT2D eigenvalue weighted by Crippen LogP contribution is 2.07. The Morgan fingerprint density at radius 2 is 2.53 bits per heavy atom. The zero-order valence-corrected chi connectivity index (χ0v) is 10.1. The number of halogens is 1. The van der Waals surface area contributed by atoms with Crippen molar-refractivity contribution in [2.24, 2.45) is 5.73 Å². The van der Waals surface area contributed by atoms with E-state index in [2.05, 4.69) is 21.0 Å². The molecule has 2 N–H and O–H groups in total. The van der Waals surface area contributed by atoms with Gasteiger partial charge in [-0.2, -0.15) is 5.10 Å². The summed E-state index contributed by atoms with van der Waals surface area (Å²) in [7, 11) is 0. The first kappa shape index (κ1) is 12.2. The fraction of sp³-hybridized carbons (Fsp3) is 0.556. The van der Waals surface area contributed by atoms with Crippen LogP contribution in [0.1, 0.15) is 13.3 Å². The molecule has 1 atom stereocenters. The summed E-state index contributed by atoms with van der Waals surface area (Å²) in [6, 6.07) is -0.576. The number of carbonyl (C=O) groups excluding carboxylic acids is 1. The van der Waals surface area contributed by atoms with Gasteiger partial charge in [0.25, 0.3) is 0 Å². The summed E-state index contributed by atoms with van der Waals surface area (Å²) < 4.78 is 7.43. The number of esters is 1. The molecule has 0 saturated carbocycles. The van der Waals surface area contributed by atoms with Crippen LogP contribution in [0, 0.1) is 0 Å². The maximum absolute atomic E-state index is 11.2. The molecule has 0 spiro atoms. The first-order valence-electron chi connectivity index (χ1n) is 4.73. The molecule has 0 radical (unpaired) electrons. The lowest BCUT2D eigenvalue weighted by Crippen LogP contribution is -2.33. The van der Waals surface area contributed by atoms with Crippen LogP contribution in [0.5, 0.6) is 0 Å². The number of nitrogens with two attached hydrogens (primary N) is 1. The van der Waals surface area contributed by atoms with Crippen molar-refractivity contribution >= 4 is 21.9 Å². The van der Waals surface area contributed by atoms with Gasteiger partial charge in [-0.1, -0.05) is 0 Å². The SMILES string of the molecule is CCOC(=O)C(N)CCn1cc(Br)cn1. The second-order valence-corrected chi connectivity index (χ2v) is 3.98. The fourth-order valence-electron chi connectivity index (χ4n) is 1.10. The van der Waals surface area contributed by atoms with E-state index >= 15 is 0 Å². The van der Waals surface area contributed by atoms with Crippen molar-refractivity contribution in [2.45, 2.75) is 25.9 Å². The molecule has 1 unspecified atom stereocenters. The Hall–Kier alpha value is -0.880. The lowest BCUT2D eigenvalue weighted by molar-refractivity contribution is -0.144. The molecule has 0 bridgehead atoms. The standard InChI is InChI=1S/C9H14BrN3O2/c1-2-15-9(14)8(11)3-4-13-6-7(10)5-12-13/h5-6,8H,2-4,11H2,1H3. The molecule has 15 heavy (non-hydrogen) atoms. The molecule has 0 aliphatic carbocycles. The van der Waals surface area contributed by atoms with Crippen molar-refractivity contribution < 1.29 is 9.53 Å². The molecule has 0 fully saturated rings. The molecule has 5 nitrogen and oxygen atoms in total. The van der Waals surface area contributed by atoms with Crippen molar-refractivity contribution in [2.75, 3.05) is 6.61 Å². The lowest BCUT2D eigenvalue weighted by Gasteiger charge is -2.09. The van der Waals surface area contributed by atoms with Crippen LogP contribution in [0.15, 0.2) is 16.9 Å². The summed E-state index contributed by atoms with van der Waals surface area (Å²) >= 11 is 3.29. The Morgan fingerprint density at radius 3 is 3.07 bits per heavy atom. The van der Waals surface area contributed by atoms with Crippen molar-refractivity contribution in [3.63, 3.8) is 0 Å². The third-order valence-electron chi connectivity index (χ3n) is 1.86. The van der Waals surface area contributed by atoms with Gasteiger partial charge in [-0.25, -0.2) is 0 Å². The van der Waals surface area contributed by atoms with E-state index < -0.39 is 6.04 Å². The number of carbonyl (C=O) groups is 1. The molecule has 1 aromatic rings. The second kappa shape index (κ2) is 5.87. The van der Waals surface area contributed by atoms with E-state index in [1.807, 2.05) is 6.20 Å². The molecular weight excluding hydrogens is 262 g/mol. The van der Waals surface area contributed by atoms with Crippen molar-refractivity contribution in [1.82, 2.24) is 9.78 Å². The summed E-state index contributed by atoms with van der Waals surface area (Å²) in [6.07, 6.45) is 4.04. The number of rotatable bonds is 5. The topological polar surface area (TPSA) is 70.1 Å². The molecule has 0 aromatic carbocycles. The minimum Gasteiger partial charge on any atom is -0.465 e. The summed E-state index contributed by atoms with van der Waals surface area (Å²) in [5.74, 6) is -0.358. The van der Waals surface area contributed by atoms with Crippen LogP contribution in [-0.4, -0.2) is 28.4 Å². The van der Waals surface area contributed by atoms with Gasteiger partial charge in [0.1, 0.15) is 6.04 Å². The molecule has 1 aromatic heterocycles. The highest BCUT2D eigenvalue weighted by atomic mass is 79.9. The van der Waals surface area contributed by atoms with Crippen molar-refractivity contribution in [3.05, 3.63) is 16.9 Å². The first-order chi connectivity index (χ1) is 7.13. The number of hydrogen-bond acceptors (Lipinski definition) is 4. The Balaban J connectivity index is 2.33. The van der Waals surface area contributed by atoms with Gasteiger partial charge in [-0.3, -0.25) is 9.48 Å². The molecule has 1 rings (SSSR count). The van der Waals surface area contributed by atoms with Gasteiger partial charge in [0.2, 0.25) is 0 Å². The van der Waals surface area contributed by atoms with Crippen molar-refractivity contribution in [1.29, 1.82) is 0 Å². The maximum Gasteiger partial charge on any atom is 0.322 e. The highest BCUT2D eigenvalue weighted by Gasteiger charge is 2.14. The summed E-state index contributed by atoms with van der Waals surface area (Å²) in [5, 5.41) is 4.06. The zero-order valence-electron chi connectivity index (χ0n) is 8.52. The van der Waals surface area contributed by atoms with Gasteiger partial charge < -0.3 is 10.5 Å². The van der Waals surface area contributed by atoms with E-state index in [1.54, 1.807) is 17.8 Å². The number of ether oxygens (including phenoxy) is 1. The molecule has 0 saturated heterocycles. The lowest BCUT2D eigenvalue weighted by atomic mass is 10.2. The first-order valence-corrected chi connectivity index (χ1v) is 5.53. The summed E-state index contributed by atoms with van der Waals surface area (Å²) in [4.78, 5) is 11.2. The molecule has 1 heterocycles. The van der Waals surface area contributed by atoms with Crippen LogP contribution in [0.2, 0.25) is 0 Å². The summed E-state index contributed by atoms with van der Waals surface area (Å²) in [5.41, 5.74) is 5.63. The molecule has 0 aliphatic rings. The number of aryl methyl sites for hydroxylation is 1. The minimum atomic E-state index is -0.576. The monoisotopic (exact) mass is 275 g/mol. The van der Waals surface area contributed by atoms with E-state index in [-0.39, 0.29) is 5.97 Å². The van der Waals surface area contributed by atoms with Crippen LogP contribution < -0.4 is 5.73 Å². The van der Waals surface area contributed by atoms with Gasteiger partial charge >= 0.3 is 5.97 Å². The predicted molar refractivity (Wildman–Crippen MR) is 59.2 cm³/mol. The Bertz CT molecular complexity index is 327. The molecule has 0 aliphatic heterocycles. The van der Waals surface area contributed by atoms with Crippen LogP contribution in [-0.2, 0) is 16.1 Å². The van der Waals surface area contributed by atoms with Crippen LogP contribution in [0.4, 0.5) is 0 Å². The summed E-state index contributed by atoms with van der Waals surface area (Å²) in [6.45, 7) is 2.72. The second-order valence-electron chi connectivity index (χ2n) is 3.07. The van der Waals surface area contributed by atoms with Crippen LogP contribution >= 0.6 is 15.9 Å². The number of nitrogens with zero attached hydrogens (tertiary/aromatic N) is 2. The number of aromatic nitrogens is 2. The quantitative estimate of drug-likeness (QED) is 0.812. The number of hydrogen-bond donors (Lipinski definition) is 1. The third kappa shape index (κ3) is 4.01. The average Bonchev–Trinajstić information content (AvgIpc) is 2.61. The third-order valence-corrected chi connectivity index (χ3v) is 2.27. The van der Waals surface area contributed by atoms with E-state index in [0.29, 0.717) is 19.6 Å². The van der Waals surface area contributed by atoms with Crippen molar-refractivity contribution in [3.8, 4) is 0 Å². The van der Waals surface area contributed by atoms with Gasteiger partial charge in [0, 0.05) is 12.7 Å². The van der Waals surface area contributed by atoms with E-state index in [0.717, 1.165) is 4.47 Å². The fourth-order valence-corrected chi connectivity index (χ4v) is 1.43. The normalized spacial score (nSPS) is 12.5. The van der Waals surface area contributed by atoms with E-state index in [4.69, 9.17) is 10.5 Å². The van der Waals surface area contributed by atoms with Gasteiger partial charge in [0.05, 0.1) is 17.3 Å². The zero-order chi connectivity index (χ0) is 11.3. The van der Waals surface area contributed by atoms with E-state index in [1.165, 1.54) is 0 Å². The largest absolute Gasteiger partial charge is 0.465 e. The molecular formula is C9H14BrN3O2. The maximum atomic E-state index is 11.2. The van der Waals surface area contributed by atoms with Crippen LogP contribution in [0.25, 0.3) is 0 Å². The van der Waals surface area contributed by atoms with E-state index in [9.17, 15) is 4.79 Å². The Labute approximate surface area is 96.7 Å². The predicted octanol–water partition coefficient (Wildman–Crippen LogP) is 0.926. The minimum absolute atomic E-state index is 0.358. The van der Waals surface area contributed by atoms with Crippen LogP contribution in [0.3, 0.4) is 0 Å².